The van der Waals surface area contributed by atoms with E-state index in [2.05, 4.69) is 24.3 Å². The molecule has 57 heavy (non-hydrogen) atoms. The fourth-order valence-corrected chi connectivity index (χ4v) is 8.86. The quantitative estimate of drug-likeness (QED) is 0.252. The van der Waals surface area contributed by atoms with Crippen molar-refractivity contribution in [3.05, 3.63) is 121 Å². The van der Waals surface area contributed by atoms with E-state index in [-0.39, 0.29) is 16.4 Å². The minimum atomic E-state index is 0.199. The highest BCUT2D eigenvalue weighted by Gasteiger charge is 2.22. The predicted molar refractivity (Wildman–Crippen MR) is 245 cm³/mol. The molecule has 3 heterocycles. The zero-order chi connectivity index (χ0) is 39.1. The summed E-state index contributed by atoms with van der Waals surface area (Å²) in [6.45, 7) is 0. The molecule has 0 saturated carbocycles. The van der Waals surface area contributed by atoms with Crippen molar-refractivity contribution in [1.82, 2.24) is 15.0 Å². The first-order chi connectivity index (χ1) is 27.7. The molecule has 0 aliphatic heterocycles. The van der Waals surface area contributed by atoms with E-state index in [0.717, 1.165) is 49.7 Å². The van der Waals surface area contributed by atoms with Crippen LogP contribution in [0, 0.1) is 0 Å². The molecule has 7 aromatic carbocycles. The molecule has 0 N–H and O–H groups in total. The van der Waals surface area contributed by atoms with Gasteiger partial charge in [-0.3, -0.25) is 0 Å². The highest BCUT2D eigenvalue weighted by molar-refractivity contribution is 7.28. The summed E-state index contributed by atoms with van der Waals surface area (Å²) in [5.74, 6) is 1.46. The van der Waals surface area contributed by atoms with Crippen molar-refractivity contribution in [3.63, 3.8) is 0 Å². The lowest BCUT2D eigenvalue weighted by molar-refractivity contribution is 0.669. The molecular formula is C45H20B7N3OS. The molecular weight excluding hydrogens is 706 g/mol. The van der Waals surface area contributed by atoms with Crippen molar-refractivity contribution in [3.8, 4) is 56.4 Å². The summed E-state index contributed by atoms with van der Waals surface area (Å²) in [5, 5.41) is 3.32. The van der Waals surface area contributed by atoms with E-state index in [4.69, 9.17) is 74.3 Å². The number of hydrogen-bond acceptors (Lipinski definition) is 5. The van der Waals surface area contributed by atoms with Gasteiger partial charge in [-0.1, -0.05) is 131 Å². The first-order valence-electron chi connectivity index (χ1n) is 18.1. The average molecular weight is 726 g/mol. The topological polar surface area (TPSA) is 51.8 Å². The molecule has 0 aliphatic carbocycles. The first-order valence-corrected chi connectivity index (χ1v) is 18.9. The van der Waals surface area contributed by atoms with E-state index < -0.39 is 0 Å². The lowest BCUT2D eigenvalue weighted by Crippen LogP contribution is -2.47. The monoisotopic (exact) mass is 727 g/mol. The van der Waals surface area contributed by atoms with E-state index in [1.54, 1.807) is 0 Å². The number of furan rings is 1. The third-order valence-corrected chi connectivity index (χ3v) is 11.9. The lowest BCUT2D eigenvalue weighted by Gasteiger charge is -2.18. The Hall–Kier alpha value is -5.98. The molecule has 12 heteroatoms. The van der Waals surface area contributed by atoms with Gasteiger partial charge in [0.2, 0.25) is 0 Å². The van der Waals surface area contributed by atoms with Crippen LogP contribution in [0.4, 0.5) is 0 Å². The molecule has 0 aliphatic rings. The molecule has 0 spiro atoms. The summed E-state index contributed by atoms with van der Waals surface area (Å²) in [6.07, 6.45) is 0. The zero-order valence-electron chi connectivity index (χ0n) is 30.2. The summed E-state index contributed by atoms with van der Waals surface area (Å²) in [7, 11) is 45.5. The van der Waals surface area contributed by atoms with Crippen molar-refractivity contribution in [2.45, 2.75) is 0 Å². The van der Waals surface area contributed by atoms with Crippen molar-refractivity contribution in [2.24, 2.45) is 0 Å². The van der Waals surface area contributed by atoms with E-state index in [0.29, 0.717) is 70.6 Å². The van der Waals surface area contributed by atoms with Crippen molar-refractivity contribution < 1.29 is 4.42 Å². The van der Waals surface area contributed by atoms with Crippen LogP contribution in [-0.2, 0) is 0 Å². The van der Waals surface area contributed by atoms with Gasteiger partial charge in [-0.05, 0) is 39.8 Å². The third kappa shape index (κ3) is 5.64. The van der Waals surface area contributed by atoms with Crippen LogP contribution in [-0.4, -0.2) is 69.9 Å². The smallest absolute Gasteiger partial charge is 0.167 e. The van der Waals surface area contributed by atoms with Gasteiger partial charge in [0.05, 0.1) is 5.56 Å². The second-order valence-corrected chi connectivity index (χ2v) is 14.9. The molecule has 3 aromatic heterocycles. The predicted octanol–water partition coefficient (Wildman–Crippen LogP) is 4.03. The second-order valence-electron chi connectivity index (χ2n) is 13.9. The summed E-state index contributed by atoms with van der Waals surface area (Å²) in [5.41, 5.74) is 9.37. The van der Waals surface area contributed by atoms with Gasteiger partial charge in [0.1, 0.15) is 66.1 Å². The third-order valence-electron chi connectivity index (χ3n) is 10.6. The number of hydrogen-bond donors (Lipinski definition) is 0. The molecule has 4 nitrogen and oxygen atoms in total. The second kappa shape index (κ2) is 13.6. The van der Waals surface area contributed by atoms with E-state index in [1.807, 2.05) is 97.1 Å². The Balaban J connectivity index is 1.15. The minimum Gasteiger partial charge on any atom is -0.455 e. The number of aromatic nitrogens is 3. The van der Waals surface area contributed by atoms with E-state index in [1.165, 1.54) is 11.3 Å². The fourth-order valence-electron chi connectivity index (χ4n) is 7.60. The molecule has 0 amide bonds. The van der Waals surface area contributed by atoms with Gasteiger partial charge in [-0.2, -0.15) is 0 Å². The van der Waals surface area contributed by atoms with Gasteiger partial charge in [-0.25, -0.2) is 15.0 Å². The first kappa shape index (κ1) is 35.4. The number of benzene rings is 7. The van der Waals surface area contributed by atoms with Crippen LogP contribution in [0.25, 0.3) is 98.5 Å². The molecule has 10 aromatic rings. The van der Waals surface area contributed by atoms with Crippen LogP contribution in [0.1, 0.15) is 0 Å². The molecule has 0 saturated heterocycles. The van der Waals surface area contributed by atoms with Gasteiger partial charge >= 0.3 is 0 Å². The van der Waals surface area contributed by atoms with Crippen LogP contribution < -0.4 is 38.2 Å². The molecule has 248 valence electrons. The van der Waals surface area contributed by atoms with Crippen LogP contribution in [0.15, 0.2) is 126 Å². The minimum absolute atomic E-state index is 0.199. The summed E-state index contributed by atoms with van der Waals surface area (Å²) in [4.78, 5) is 15.1. The van der Waals surface area contributed by atoms with Gasteiger partial charge in [0.25, 0.3) is 0 Å². The molecule has 14 radical (unpaired) electrons. The maximum absolute atomic E-state index is 6.76. The molecule has 0 bridgehead atoms. The highest BCUT2D eigenvalue weighted by atomic mass is 32.1. The molecule has 0 unspecified atom stereocenters. The van der Waals surface area contributed by atoms with Gasteiger partial charge < -0.3 is 4.42 Å². The van der Waals surface area contributed by atoms with Crippen molar-refractivity contribution in [2.75, 3.05) is 0 Å². The maximum atomic E-state index is 6.76. The zero-order valence-corrected chi connectivity index (χ0v) is 31.1. The highest BCUT2D eigenvalue weighted by Crippen LogP contribution is 2.38. The Morgan fingerprint density at radius 2 is 0.895 bits per heavy atom. The average Bonchev–Trinajstić information content (AvgIpc) is 3.84. The summed E-state index contributed by atoms with van der Waals surface area (Å²) >= 11 is 1.35. The normalized spacial score (nSPS) is 11.6. The Morgan fingerprint density at radius 3 is 1.58 bits per heavy atom. The van der Waals surface area contributed by atoms with Gasteiger partial charge in [0.15, 0.2) is 17.5 Å². The number of para-hydroxylation sites is 2. The van der Waals surface area contributed by atoms with Crippen LogP contribution in [0.2, 0.25) is 0 Å². The SMILES string of the molecule is [B]c1c([B])c([B])c2c(sc3c([B])c([B])c([B])c(-c4ccc(-c5nc(-c6ccc(-c7ccccc7)cc6)nc(-c6cccc7c6oc6ccccc67)n5)cc4)c32)c1[B]. The number of nitrogens with zero attached hydrogens (tertiary/aromatic N) is 3. The van der Waals surface area contributed by atoms with Crippen LogP contribution in [0.5, 0.6) is 0 Å². The fraction of sp³-hybridized carbons (Fsp3) is 0. The van der Waals surface area contributed by atoms with Crippen molar-refractivity contribution >= 4 is 147 Å². The van der Waals surface area contributed by atoms with Gasteiger partial charge in [0, 0.05) is 36.7 Å². The van der Waals surface area contributed by atoms with Crippen LogP contribution in [0.3, 0.4) is 0 Å². The standard InChI is InChI=1S/C45H20B7N3OS/c46-33-30(31-32-34(47)35(48)37(50)39(52)42(32)57-41(31)38(51)36(33)49)23-15-19-25(20-16-23)44-53-43(24-17-13-22(14-18-24)21-7-2-1-3-8-21)54-45(55-44)28-11-6-10-27-26-9-4-5-12-29(26)56-40(27)28/h1-20H. The van der Waals surface area contributed by atoms with Gasteiger partial charge in [-0.15, -0.1) is 27.7 Å². The summed E-state index contributed by atoms with van der Waals surface area (Å²) < 4.78 is 7.76. The Labute approximate surface area is 342 Å². The molecule has 0 atom stereocenters. The lowest BCUT2D eigenvalue weighted by atomic mass is 9.64. The Bertz CT molecular complexity index is 3260. The number of fused-ring (bicyclic) bond motifs is 6. The van der Waals surface area contributed by atoms with E-state index in [9.17, 15) is 0 Å². The Morgan fingerprint density at radius 1 is 0.386 bits per heavy atom. The number of rotatable bonds is 5. The molecule has 0 fully saturated rings. The summed E-state index contributed by atoms with van der Waals surface area (Å²) in [6, 6.07) is 40.2. The molecule has 10 rings (SSSR count). The maximum Gasteiger partial charge on any atom is 0.167 e. The van der Waals surface area contributed by atoms with E-state index >= 15 is 0 Å². The largest absolute Gasteiger partial charge is 0.455 e. The number of thiophene rings is 1. The Kier molecular flexibility index (Phi) is 8.46. The van der Waals surface area contributed by atoms with Crippen LogP contribution >= 0.6 is 11.3 Å². The van der Waals surface area contributed by atoms with Crippen molar-refractivity contribution in [1.29, 1.82) is 0 Å².